The van der Waals surface area contributed by atoms with Crippen molar-refractivity contribution in [2.75, 3.05) is 7.11 Å². The molecule has 0 bridgehead atoms. The van der Waals surface area contributed by atoms with Crippen molar-refractivity contribution in [3.8, 4) is 11.3 Å². The van der Waals surface area contributed by atoms with Gasteiger partial charge in [0.2, 0.25) is 0 Å². The van der Waals surface area contributed by atoms with Crippen LogP contribution in [0.2, 0.25) is 0 Å². The van der Waals surface area contributed by atoms with Crippen LogP contribution in [0, 0.1) is 5.82 Å². The molecule has 4 nitrogen and oxygen atoms in total. The molecule has 0 spiro atoms. The van der Waals surface area contributed by atoms with E-state index in [0.717, 1.165) is 0 Å². The number of esters is 1. The third-order valence-corrected chi connectivity index (χ3v) is 2.61. The van der Waals surface area contributed by atoms with Crippen LogP contribution in [0.1, 0.15) is 12.2 Å². The molecule has 0 aliphatic rings. The first-order chi connectivity index (χ1) is 9.19. The van der Waals surface area contributed by atoms with Crippen LogP contribution < -0.4 is 0 Å². The molecular weight excluding hydrogens is 247 g/mol. The number of carbonyl (C=O) groups excluding carboxylic acids is 1. The zero-order valence-corrected chi connectivity index (χ0v) is 10.5. The highest BCUT2D eigenvalue weighted by molar-refractivity contribution is 5.69. The van der Waals surface area contributed by atoms with Gasteiger partial charge in [0.1, 0.15) is 11.6 Å². The van der Waals surface area contributed by atoms with Gasteiger partial charge in [-0.05, 0) is 18.2 Å². The molecule has 1 heterocycles. The third kappa shape index (κ3) is 3.58. The van der Waals surface area contributed by atoms with Crippen LogP contribution in [0.5, 0.6) is 0 Å². The molecule has 5 heteroatoms. The molecule has 0 unspecified atom stereocenters. The highest BCUT2D eigenvalue weighted by Gasteiger charge is 2.06. The van der Waals surface area contributed by atoms with Crippen molar-refractivity contribution in [3.05, 3.63) is 48.2 Å². The summed E-state index contributed by atoms with van der Waals surface area (Å²) in [5, 5.41) is 0. The second kappa shape index (κ2) is 6.04. The van der Waals surface area contributed by atoms with Gasteiger partial charge >= 0.3 is 5.97 Å². The monoisotopic (exact) mass is 260 g/mol. The molecule has 0 amide bonds. The Morgan fingerprint density at radius 3 is 2.95 bits per heavy atom. The molecule has 98 valence electrons. The average Bonchev–Trinajstić information content (AvgIpc) is 2.45. The smallest absolute Gasteiger partial charge is 0.305 e. The first kappa shape index (κ1) is 13.1. The summed E-state index contributed by atoms with van der Waals surface area (Å²) in [4.78, 5) is 19.4. The zero-order chi connectivity index (χ0) is 13.7. The molecule has 0 fully saturated rings. The fourth-order valence-corrected chi connectivity index (χ4v) is 1.64. The third-order valence-electron chi connectivity index (χ3n) is 2.61. The summed E-state index contributed by atoms with van der Waals surface area (Å²) in [6, 6.07) is 7.89. The minimum atomic E-state index is -0.313. The number of ether oxygens (including phenoxy) is 1. The predicted molar refractivity (Wildman–Crippen MR) is 67.8 cm³/mol. The first-order valence-electron chi connectivity index (χ1n) is 5.83. The lowest BCUT2D eigenvalue weighted by atomic mass is 10.1. The Kier molecular flexibility index (Phi) is 4.18. The number of aryl methyl sites for hydroxylation is 1. The second-order valence-electron chi connectivity index (χ2n) is 3.94. The highest BCUT2D eigenvalue weighted by atomic mass is 19.1. The summed E-state index contributed by atoms with van der Waals surface area (Å²) >= 11 is 0. The number of nitrogens with zero attached hydrogens (tertiary/aromatic N) is 2. The summed E-state index contributed by atoms with van der Waals surface area (Å²) < 4.78 is 17.7. The summed E-state index contributed by atoms with van der Waals surface area (Å²) in [5.74, 6) is -0.0841. The number of hydrogen-bond donors (Lipinski definition) is 0. The topological polar surface area (TPSA) is 52.1 Å². The molecule has 19 heavy (non-hydrogen) atoms. The Morgan fingerprint density at radius 2 is 2.21 bits per heavy atom. The van der Waals surface area contributed by atoms with Gasteiger partial charge in [0.05, 0.1) is 19.2 Å². The van der Waals surface area contributed by atoms with E-state index in [0.29, 0.717) is 23.5 Å². The van der Waals surface area contributed by atoms with Gasteiger partial charge in [0.25, 0.3) is 0 Å². The molecule has 0 atom stereocenters. The molecule has 0 saturated heterocycles. The van der Waals surface area contributed by atoms with Gasteiger partial charge in [-0.2, -0.15) is 0 Å². The van der Waals surface area contributed by atoms with Crippen LogP contribution >= 0.6 is 0 Å². The molecule has 0 radical (unpaired) electrons. The van der Waals surface area contributed by atoms with Gasteiger partial charge in [0, 0.05) is 18.2 Å². The Hall–Kier alpha value is -2.30. The minimum Gasteiger partial charge on any atom is -0.469 e. The van der Waals surface area contributed by atoms with E-state index < -0.39 is 0 Å². The zero-order valence-electron chi connectivity index (χ0n) is 10.5. The van der Waals surface area contributed by atoms with Gasteiger partial charge in [-0.25, -0.2) is 14.4 Å². The first-order valence-corrected chi connectivity index (χ1v) is 5.83. The van der Waals surface area contributed by atoms with Crippen molar-refractivity contribution < 1.29 is 13.9 Å². The normalized spacial score (nSPS) is 10.2. The number of hydrogen-bond acceptors (Lipinski definition) is 4. The number of benzene rings is 1. The van der Waals surface area contributed by atoms with Gasteiger partial charge < -0.3 is 4.74 Å². The van der Waals surface area contributed by atoms with Crippen LogP contribution in [0.25, 0.3) is 11.3 Å². The maximum absolute atomic E-state index is 13.1. The fourth-order valence-electron chi connectivity index (χ4n) is 1.64. The molecule has 1 aromatic heterocycles. The van der Waals surface area contributed by atoms with E-state index in [1.165, 1.54) is 19.2 Å². The van der Waals surface area contributed by atoms with Gasteiger partial charge in [-0.15, -0.1) is 0 Å². The van der Waals surface area contributed by atoms with E-state index in [4.69, 9.17) is 0 Å². The van der Waals surface area contributed by atoms with E-state index in [9.17, 15) is 9.18 Å². The van der Waals surface area contributed by atoms with Crippen LogP contribution in [-0.2, 0) is 16.0 Å². The largest absolute Gasteiger partial charge is 0.469 e. The summed E-state index contributed by atoms with van der Waals surface area (Å²) in [6.07, 6.45) is 2.22. The predicted octanol–water partition coefficient (Wildman–Crippen LogP) is 2.39. The number of carbonyl (C=O) groups is 1. The Bertz CT molecular complexity index is 587. The maximum atomic E-state index is 13.1. The van der Waals surface area contributed by atoms with E-state index >= 15 is 0 Å². The summed E-state index contributed by atoms with van der Waals surface area (Å²) in [6.45, 7) is 0. The highest BCUT2D eigenvalue weighted by Crippen LogP contribution is 2.17. The van der Waals surface area contributed by atoms with Crippen LogP contribution in [0.4, 0.5) is 4.39 Å². The molecule has 1 aromatic carbocycles. The number of halogens is 1. The van der Waals surface area contributed by atoms with Crippen molar-refractivity contribution >= 4 is 5.97 Å². The molecule has 2 aromatic rings. The molecule has 0 aliphatic heterocycles. The van der Waals surface area contributed by atoms with E-state index in [-0.39, 0.29) is 18.2 Å². The molecule has 0 saturated carbocycles. The quantitative estimate of drug-likeness (QED) is 0.792. The SMILES string of the molecule is COC(=O)CCc1nccc(-c2cccc(F)c2)n1. The van der Waals surface area contributed by atoms with Crippen molar-refractivity contribution in [3.63, 3.8) is 0 Å². The summed E-state index contributed by atoms with van der Waals surface area (Å²) in [5.41, 5.74) is 1.32. The van der Waals surface area contributed by atoms with Crippen LogP contribution in [0.15, 0.2) is 36.5 Å². The van der Waals surface area contributed by atoms with Crippen molar-refractivity contribution in [2.45, 2.75) is 12.8 Å². The number of methoxy groups -OCH3 is 1. The Labute approximate surface area is 110 Å². The number of aromatic nitrogens is 2. The van der Waals surface area contributed by atoms with E-state index in [2.05, 4.69) is 14.7 Å². The standard InChI is InChI=1S/C14H13FN2O2/c1-19-14(18)6-5-13-16-8-7-12(17-13)10-3-2-4-11(15)9-10/h2-4,7-9H,5-6H2,1H3. The molecule has 0 N–H and O–H groups in total. The minimum absolute atomic E-state index is 0.225. The fraction of sp³-hybridized carbons (Fsp3) is 0.214. The second-order valence-corrected chi connectivity index (χ2v) is 3.94. The number of rotatable bonds is 4. The van der Waals surface area contributed by atoms with Crippen LogP contribution in [0.3, 0.4) is 0 Å². The summed E-state index contributed by atoms with van der Waals surface area (Å²) in [7, 11) is 1.34. The van der Waals surface area contributed by atoms with Gasteiger partial charge in [-0.1, -0.05) is 12.1 Å². The lowest BCUT2D eigenvalue weighted by Crippen LogP contribution is -2.04. The van der Waals surface area contributed by atoms with Gasteiger partial charge in [0.15, 0.2) is 0 Å². The van der Waals surface area contributed by atoms with Gasteiger partial charge in [-0.3, -0.25) is 4.79 Å². The van der Waals surface area contributed by atoms with Crippen LogP contribution in [-0.4, -0.2) is 23.0 Å². The van der Waals surface area contributed by atoms with E-state index in [1.807, 2.05) is 0 Å². The Morgan fingerprint density at radius 1 is 1.37 bits per heavy atom. The lowest BCUT2D eigenvalue weighted by molar-refractivity contribution is -0.140. The molecule has 2 rings (SSSR count). The maximum Gasteiger partial charge on any atom is 0.305 e. The van der Waals surface area contributed by atoms with E-state index in [1.54, 1.807) is 24.4 Å². The average molecular weight is 260 g/mol. The Balaban J connectivity index is 2.17. The molecular formula is C14H13FN2O2. The molecule has 0 aliphatic carbocycles. The lowest BCUT2D eigenvalue weighted by Gasteiger charge is -2.04. The van der Waals surface area contributed by atoms with Crippen molar-refractivity contribution in [1.29, 1.82) is 0 Å². The van der Waals surface area contributed by atoms with Crippen molar-refractivity contribution in [1.82, 2.24) is 9.97 Å². The van der Waals surface area contributed by atoms with Crippen molar-refractivity contribution in [2.24, 2.45) is 0 Å².